The van der Waals surface area contributed by atoms with E-state index < -0.39 is 11.2 Å². The lowest BCUT2D eigenvalue weighted by atomic mass is 9.78. The van der Waals surface area contributed by atoms with Gasteiger partial charge in [-0.3, -0.25) is 0 Å². The summed E-state index contributed by atoms with van der Waals surface area (Å²) in [4.78, 5) is 0. The average Bonchev–Trinajstić information content (AvgIpc) is 2.73. The van der Waals surface area contributed by atoms with Gasteiger partial charge in [0.15, 0.2) is 0 Å². The fraction of sp³-hybridized carbons (Fsp3) is 0.308. The first kappa shape index (κ1) is 18.9. The van der Waals surface area contributed by atoms with Crippen molar-refractivity contribution in [3.8, 4) is 0 Å². The summed E-state index contributed by atoms with van der Waals surface area (Å²) in [5.74, 6) is 0. The second kappa shape index (κ2) is 7.90. The van der Waals surface area contributed by atoms with Crippen molar-refractivity contribution in [1.29, 1.82) is 0 Å². The Morgan fingerprint density at radius 3 is 1.61 bits per heavy atom. The van der Waals surface area contributed by atoms with Crippen LogP contribution in [0, 0.1) is 0 Å². The van der Waals surface area contributed by atoms with Crippen molar-refractivity contribution in [1.82, 2.24) is 0 Å². The molecular weight excluding hydrogens is 344 g/mol. The smallest absolute Gasteiger partial charge is 0.144 e. The van der Waals surface area contributed by atoms with Gasteiger partial charge in [-0.1, -0.05) is 91.0 Å². The quantitative estimate of drug-likeness (QED) is 0.583. The molecule has 1 aliphatic carbocycles. The standard InChI is InChI=1S/C26H28O2/c1-25(27)19-11-18-24(20-25)28-26(21-12-5-2-6-13-21,22-14-7-3-8-15-22)23-16-9-4-10-17-23/h2-10,12-17,24,27H,11,18-20H2,1H3/t24-,25+/m0/s1. The Kier molecular flexibility index (Phi) is 5.34. The van der Waals surface area contributed by atoms with Gasteiger partial charge in [-0.05, 0) is 42.9 Å². The van der Waals surface area contributed by atoms with Gasteiger partial charge in [0.05, 0.1) is 11.7 Å². The zero-order valence-corrected chi connectivity index (χ0v) is 16.4. The molecule has 2 heteroatoms. The minimum Gasteiger partial charge on any atom is -0.390 e. The molecule has 3 aromatic carbocycles. The van der Waals surface area contributed by atoms with Crippen LogP contribution in [0.1, 0.15) is 49.3 Å². The van der Waals surface area contributed by atoms with Crippen molar-refractivity contribution in [3.63, 3.8) is 0 Å². The highest BCUT2D eigenvalue weighted by Gasteiger charge is 2.42. The summed E-state index contributed by atoms with van der Waals surface area (Å²) in [7, 11) is 0. The van der Waals surface area contributed by atoms with E-state index in [0.29, 0.717) is 6.42 Å². The highest BCUT2D eigenvalue weighted by atomic mass is 16.5. The topological polar surface area (TPSA) is 29.5 Å². The van der Waals surface area contributed by atoms with Crippen molar-refractivity contribution < 1.29 is 9.84 Å². The predicted octanol–water partition coefficient (Wildman–Crippen LogP) is 5.69. The van der Waals surface area contributed by atoms with Crippen LogP contribution < -0.4 is 0 Å². The molecule has 0 aliphatic heterocycles. The Labute approximate surface area is 167 Å². The number of ether oxygens (including phenoxy) is 1. The molecule has 1 fully saturated rings. The first-order valence-electron chi connectivity index (χ1n) is 10.2. The van der Waals surface area contributed by atoms with E-state index in [1.807, 2.05) is 25.1 Å². The van der Waals surface area contributed by atoms with Gasteiger partial charge in [0, 0.05) is 6.42 Å². The van der Waals surface area contributed by atoms with Crippen LogP contribution in [0.2, 0.25) is 0 Å². The average molecular weight is 373 g/mol. The first-order chi connectivity index (χ1) is 13.6. The number of hydrogen-bond acceptors (Lipinski definition) is 2. The van der Waals surface area contributed by atoms with Crippen molar-refractivity contribution in [2.45, 2.75) is 49.9 Å². The molecule has 0 spiro atoms. The van der Waals surface area contributed by atoms with Crippen molar-refractivity contribution >= 4 is 0 Å². The molecule has 2 atom stereocenters. The fourth-order valence-corrected chi connectivity index (χ4v) is 4.48. The Bertz CT molecular complexity index is 775. The fourth-order valence-electron chi connectivity index (χ4n) is 4.48. The summed E-state index contributed by atoms with van der Waals surface area (Å²) in [6.07, 6.45) is 3.42. The molecule has 0 saturated heterocycles. The molecule has 3 aromatic rings. The van der Waals surface area contributed by atoms with E-state index in [4.69, 9.17) is 4.74 Å². The molecule has 28 heavy (non-hydrogen) atoms. The molecule has 0 radical (unpaired) electrons. The molecule has 2 nitrogen and oxygen atoms in total. The monoisotopic (exact) mass is 372 g/mol. The van der Waals surface area contributed by atoms with Crippen LogP contribution in [-0.4, -0.2) is 16.8 Å². The van der Waals surface area contributed by atoms with E-state index in [2.05, 4.69) is 72.8 Å². The maximum absolute atomic E-state index is 10.7. The number of rotatable bonds is 5. The van der Waals surface area contributed by atoms with Crippen LogP contribution in [0.4, 0.5) is 0 Å². The molecule has 1 N–H and O–H groups in total. The summed E-state index contributed by atoms with van der Waals surface area (Å²) >= 11 is 0. The highest BCUT2D eigenvalue weighted by Crippen LogP contribution is 2.44. The van der Waals surface area contributed by atoms with Gasteiger partial charge in [-0.15, -0.1) is 0 Å². The Morgan fingerprint density at radius 1 is 0.786 bits per heavy atom. The molecule has 0 heterocycles. The van der Waals surface area contributed by atoms with Gasteiger partial charge in [-0.2, -0.15) is 0 Å². The van der Waals surface area contributed by atoms with Crippen molar-refractivity contribution in [2.75, 3.05) is 0 Å². The van der Waals surface area contributed by atoms with E-state index in [1.165, 1.54) is 0 Å². The molecule has 0 aromatic heterocycles. The van der Waals surface area contributed by atoms with Crippen LogP contribution >= 0.6 is 0 Å². The molecule has 4 rings (SSSR count). The Morgan fingerprint density at radius 2 is 1.21 bits per heavy atom. The predicted molar refractivity (Wildman–Crippen MR) is 113 cm³/mol. The van der Waals surface area contributed by atoms with Crippen LogP contribution in [0.15, 0.2) is 91.0 Å². The maximum Gasteiger partial charge on any atom is 0.144 e. The molecule has 1 aliphatic rings. The zero-order chi connectivity index (χ0) is 19.5. The van der Waals surface area contributed by atoms with E-state index in [1.54, 1.807) is 0 Å². The number of hydrogen-bond donors (Lipinski definition) is 1. The summed E-state index contributed by atoms with van der Waals surface area (Å²) in [6.45, 7) is 1.93. The lowest BCUT2D eigenvalue weighted by Gasteiger charge is -2.42. The normalized spacial score (nSPS) is 22.7. The summed E-state index contributed by atoms with van der Waals surface area (Å²) in [5.41, 5.74) is 1.95. The van der Waals surface area contributed by atoms with Gasteiger partial charge in [0.1, 0.15) is 5.60 Å². The van der Waals surface area contributed by atoms with Gasteiger partial charge >= 0.3 is 0 Å². The minimum atomic E-state index is -0.706. The minimum absolute atomic E-state index is 0.00984. The molecular formula is C26H28O2. The van der Waals surface area contributed by atoms with Gasteiger partial charge < -0.3 is 9.84 Å². The third-order valence-electron chi connectivity index (χ3n) is 5.79. The van der Waals surface area contributed by atoms with Crippen LogP contribution in [0.25, 0.3) is 0 Å². The van der Waals surface area contributed by atoms with Crippen LogP contribution in [0.5, 0.6) is 0 Å². The second-order valence-electron chi connectivity index (χ2n) is 8.11. The van der Waals surface area contributed by atoms with E-state index in [9.17, 15) is 5.11 Å². The van der Waals surface area contributed by atoms with Gasteiger partial charge in [0.25, 0.3) is 0 Å². The first-order valence-corrected chi connectivity index (χ1v) is 10.2. The SMILES string of the molecule is C[C@@]1(O)CCC[C@H](OC(c2ccccc2)(c2ccccc2)c2ccccc2)C1. The number of benzene rings is 3. The van der Waals surface area contributed by atoms with Crippen molar-refractivity contribution in [2.24, 2.45) is 0 Å². The highest BCUT2D eigenvalue weighted by molar-refractivity contribution is 5.47. The molecule has 0 amide bonds. The number of aliphatic hydroxyl groups is 1. The van der Waals surface area contributed by atoms with Crippen LogP contribution in [0.3, 0.4) is 0 Å². The van der Waals surface area contributed by atoms with Crippen LogP contribution in [-0.2, 0) is 10.3 Å². The lowest BCUT2D eigenvalue weighted by Crippen LogP contribution is -2.42. The molecule has 0 unspecified atom stereocenters. The molecule has 144 valence electrons. The largest absolute Gasteiger partial charge is 0.390 e. The maximum atomic E-state index is 10.7. The Hall–Kier alpha value is -2.42. The lowest BCUT2D eigenvalue weighted by molar-refractivity contribution is -0.108. The van der Waals surface area contributed by atoms with Crippen molar-refractivity contribution in [3.05, 3.63) is 108 Å². The third-order valence-corrected chi connectivity index (χ3v) is 5.79. The Balaban J connectivity index is 1.88. The van der Waals surface area contributed by atoms with Gasteiger partial charge in [-0.25, -0.2) is 0 Å². The summed E-state index contributed by atoms with van der Waals surface area (Å²) in [5, 5.41) is 10.7. The molecule has 1 saturated carbocycles. The van der Waals surface area contributed by atoms with Gasteiger partial charge in [0.2, 0.25) is 0 Å². The molecule has 0 bridgehead atoms. The van der Waals surface area contributed by atoms with E-state index in [0.717, 1.165) is 36.0 Å². The summed E-state index contributed by atoms with van der Waals surface area (Å²) < 4.78 is 7.01. The third kappa shape index (κ3) is 3.76. The van der Waals surface area contributed by atoms with E-state index in [-0.39, 0.29) is 6.10 Å². The zero-order valence-electron chi connectivity index (χ0n) is 16.4. The van der Waals surface area contributed by atoms with E-state index >= 15 is 0 Å². The second-order valence-corrected chi connectivity index (χ2v) is 8.11. The summed E-state index contributed by atoms with van der Waals surface area (Å²) in [6, 6.07) is 31.3.